The quantitative estimate of drug-likeness (QED) is 0.625. The maximum atomic E-state index is 12.7. The molecule has 0 heterocycles. The lowest BCUT2D eigenvalue weighted by Gasteiger charge is -2.21. The first-order valence-corrected chi connectivity index (χ1v) is 8.80. The molecular formula is C15H22N2O5S. The molecular weight excluding hydrogens is 320 g/mol. The number of ether oxygens (including phenoxy) is 1. The van der Waals surface area contributed by atoms with E-state index in [1.54, 1.807) is 33.8 Å². The molecule has 0 fully saturated rings. The predicted molar refractivity (Wildman–Crippen MR) is 86.5 cm³/mol. The van der Waals surface area contributed by atoms with Crippen molar-refractivity contribution in [2.24, 2.45) is 0 Å². The molecule has 128 valence electrons. The largest absolute Gasteiger partial charge is 0.459 e. The van der Waals surface area contributed by atoms with E-state index < -0.39 is 21.9 Å². The molecule has 0 unspecified atom stereocenters. The van der Waals surface area contributed by atoms with E-state index >= 15 is 0 Å². The monoisotopic (exact) mass is 342 g/mol. The first-order valence-electron chi connectivity index (χ1n) is 7.36. The van der Waals surface area contributed by atoms with Gasteiger partial charge >= 0.3 is 11.9 Å². The SMILES string of the molecule is CCOC(=O)C(=O)Nc1ccc(C)cc1S(=O)(=O)N(CC)CC. The topological polar surface area (TPSA) is 92.8 Å². The number of esters is 1. The van der Waals surface area contributed by atoms with E-state index in [0.717, 1.165) is 5.56 Å². The fourth-order valence-electron chi connectivity index (χ4n) is 2.02. The van der Waals surface area contributed by atoms with Crippen LogP contribution in [-0.4, -0.2) is 44.3 Å². The van der Waals surface area contributed by atoms with Crippen LogP contribution < -0.4 is 5.32 Å². The van der Waals surface area contributed by atoms with E-state index in [4.69, 9.17) is 0 Å². The zero-order chi connectivity index (χ0) is 17.6. The van der Waals surface area contributed by atoms with E-state index in [9.17, 15) is 18.0 Å². The van der Waals surface area contributed by atoms with Crippen LogP contribution in [0.2, 0.25) is 0 Å². The second kappa shape index (κ2) is 8.07. The predicted octanol–water partition coefficient (Wildman–Crippen LogP) is 1.53. The van der Waals surface area contributed by atoms with Gasteiger partial charge in [-0.3, -0.25) is 4.79 Å². The highest BCUT2D eigenvalue weighted by Gasteiger charge is 2.27. The number of carbonyl (C=O) groups is 2. The number of hydrogen-bond acceptors (Lipinski definition) is 5. The molecule has 0 aliphatic carbocycles. The minimum atomic E-state index is -3.77. The molecule has 23 heavy (non-hydrogen) atoms. The van der Waals surface area contributed by atoms with Crippen molar-refractivity contribution < 1.29 is 22.7 Å². The van der Waals surface area contributed by atoms with Gasteiger partial charge in [-0.25, -0.2) is 13.2 Å². The average molecular weight is 342 g/mol. The number of hydrogen-bond donors (Lipinski definition) is 1. The Morgan fingerprint density at radius 3 is 2.30 bits per heavy atom. The van der Waals surface area contributed by atoms with Crippen molar-refractivity contribution in [3.05, 3.63) is 23.8 Å². The van der Waals surface area contributed by atoms with Crippen molar-refractivity contribution in [1.82, 2.24) is 4.31 Å². The van der Waals surface area contributed by atoms with Crippen LogP contribution in [0.3, 0.4) is 0 Å². The van der Waals surface area contributed by atoms with Crippen LogP contribution in [0.25, 0.3) is 0 Å². The van der Waals surface area contributed by atoms with Crippen LogP contribution in [0.4, 0.5) is 5.69 Å². The van der Waals surface area contributed by atoms with Crippen LogP contribution >= 0.6 is 0 Å². The maximum absolute atomic E-state index is 12.7. The molecule has 0 aliphatic rings. The Hall–Kier alpha value is -1.93. The highest BCUT2D eigenvalue weighted by Crippen LogP contribution is 2.26. The van der Waals surface area contributed by atoms with Gasteiger partial charge in [0.1, 0.15) is 4.90 Å². The summed E-state index contributed by atoms with van der Waals surface area (Å²) in [5, 5.41) is 2.31. The summed E-state index contributed by atoms with van der Waals surface area (Å²) in [6.45, 7) is 7.45. The molecule has 0 saturated heterocycles. The fourth-order valence-corrected chi connectivity index (χ4v) is 3.71. The Labute approximate surface area is 136 Å². The molecule has 0 saturated carbocycles. The van der Waals surface area contributed by atoms with Gasteiger partial charge in [0.05, 0.1) is 12.3 Å². The molecule has 0 aromatic heterocycles. The van der Waals surface area contributed by atoms with Gasteiger partial charge in [-0.1, -0.05) is 19.9 Å². The smallest absolute Gasteiger partial charge is 0.397 e. The molecule has 1 aromatic rings. The third-order valence-corrected chi connectivity index (χ3v) is 5.26. The summed E-state index contributed by atoms with van der Waals surface area (Å²) in [6.07, 6.45) is 0. The number of sulfonamides is 1. The molecule has 1 rings (SSSR count). The molecule has 1 aromatic carbocycles. The summed E-state index contributed by atoms with van der Waals surface area (Å²) in [4.78, 5) is 23.2. The lowest BCUT2D eigenvalue weighted by Crippen LogP contribution is -2.32. The molecule has 0 atom stereocenters. The number of nitrogens with zero attached hydrogens (tertiary/aromatic N) is 1. The number of benzene rings is 1. The van der Waals surface area contributed by atoms with E-state index in [0.29, 0.717) is 13.1 Å². The maximum Gasteiger partial charge on any atom is 0.397 e. The number of rotatable bonds is 6. The van der Waals surface area contributed by atoms with Crippen LogP contribution in [-0.2, 0) is 24.3 Å². The molecule has 1 N–H and O–H groups in total. The minimum absolute atomic E-state index is 0.0427. The van der Waals surface area contributed by atoms with Gasteiger partial charge < -0.3 is 10.1 Å². The lowest BCUT2D eigenvalue weighted by molar-refractivity contribution is -0.152. The summed E-state index contributed by atoms with van der Waals surface area (Å²) in [7, 11) is -3.77. The van der Waals surface area contributed by atoms with Gasteiger partial charge in [0.25, 0.3) is 0 Å². The fraction of sp³-hybridized carbons (Fsp3) is 0.467. The van der Waals surface area contributed by atoms with Gasteiger partial charge in [-0.15, -0.1) is 0 Å². The third kappa shape index (κ3) is 4.52. The van der Waals surface area contributed by atoms with Crippen molar-refractivity contribution in [2.75, 3.05) is 25.0 Å². The summed E-state index contributed by atoms with van der Waals surface area (Å²) in [6, 6.07) is 4.58. The Bertz CT molecular complexity index is 681. The number of carbonyl (C=O) groups excluding carboxylic acids is 2. The Balaban J connectivity index is 3.26. The highest BCUT2D eigenvalue weighted by atomic mass is 32.2. The van der Waals surface area contributed by atoms with Gasteiger partial charge in [-0.2, -0.15) is 4.31 Å². The molecule has 0 bridgehead atoms. The van der Waals surface area contributed by atoms with Gasteiger partial charge in [-0.05, 0) is 31.5 Å². The normalized spacial score (nSPS) is 11.3. The van der Waals surface area contributed by atoms with E-state index in [2.05, 4.69) is 10.1 Å². The molecule has 1 amide bonds. The number of nitrogens with one attached hydrogen (secondary N) is 1. The van der Waals surface area contributed by atoms with Crippen molar-refractivity contribution in [2.45, 2.75) is 32.6 Å². The number of aryl methyl sites for hydroxylation is 1. The standard InChI is InChI=1S/C15H22N2O5S/c1-5-17(6-2)23(20,21)13-10-11(4)8-9-12(13)16-14(18)15(19)22-7-3/h8-10H,5-7H2,1-4H3,(H,16,18). The first-order chi connectivity index (χ1) is 10.8. The second-order valence-corrected chi connectivity index (χ2v) is 6.67. The summed E-state index contributed by atoms with van der Waals surface area (Å²) < 4.78 is 31.3. The minimum Gasteiger partial charge on any atom is -0.459 e. The third-order valence-electron chi connectivity index (χ3n) is 3.17. The van der Waals surface area contributed by atoms with Crippen molar-refractivity contribution in [3.8, 4) is 0 Å². The highest BCUT2D eigenvalue weighted by molar-refractivity contribution is 7.89. The average Bonchev–Trinajstić information content (AvgIpc) is 2.50. The number of anilines is 1. The van der Waals surface area contributed by atoms with E-state index in [-0.39, 0.29) is 17.2 Å². The van der Waals surface area contributed by atoms with Crippen LogP contribution in [0.1, 0.15) is 26.3 Å². The Morgan fingerprint density at radius 1 is 1.17 bits per heavy atom. The van der Waals surface area contributed by atoms with Gasteiger partial charge in [0.2, 0.25) is 10.0 Å². The molecule has 0 aliphatic heterocycles. The van der Waals surface area contributed by atoms with Gasteiger partial charge in [0.15, 0.2) is 0 Å². The second-order valence-electron chi connectivity index (χ2n) is 4.76. The summed E-state index contributed by atoms with van der Waals surface area (Å²) in [5.74, 6) is -2.06. The zero-order valence-corrected chi connectivity index (χ0v) is 14.6. The van der Waals surface area contributed by atoms with Crippen LogP contribution in [0, 0.1) is 6.92 Å². The van der Waals surface area contributed by atoms with Crippen molar-refractivity contribution >= 4 is 27.6 Å². The van der Waals surface area contributed by atoms with Crippen LogP contribution in [0.15, 0.2) is 23.1 Å². The van der Waals surface area contributed by atoms with Gasteiger partial charge in [0, 0.05) is 13.1 Å². The van der Waals surface area contributed by atoms with Crippen LogP contribution in [0.5, 0.6) is 0 Å². The van der Waals surface area contributed by atoms with E-state index in [1.165, 1.54) is 16.4 Å². The first kappa shape index (κ1) is 19.1. The van der Waals surface area contributed by atoms with Crippen molar-refractivity contribution in [3.63, 3.8) is 0 Å². The lowest BCUT2D eigenvalue weighted by atomic mass is 10.2. The molecule has 8 heteroatoms. The summed E-state index contributed by atoms with van der Waals surface area (Å²) >= 11 is 0. The van der Waals surface area contributed by atoms with Crippen molar-refractivity contribution in [1.29, 1.82) is 0 Å². The Morgan fingerprint density at radius 2 is 1.78 bits per heavy atom. The molecule has 0 radical (unpaired) electrons. The Kier molecular flexibility index (Phi) is 6.71. The van der Waals surface area contributed by atoms with E-state index in [1.807, 2.05) is 0 Å². The zero-order valence-electron chi connectivity index (χ0n) is 13.8. The number of amides is 1. The molecule has 7 nitrogen and oxygen atoms in total. The molecule has 0 spiro atoms. The summed E-state index contributed by atoms with van der Waals surface area (Å²) in [5.41, 5.74) is 0.783.